The molecular weight excluding hydrogens is 372 g/mol. The van der Waals surface area contributed by atoms with E-state index in [4.69, 9.17) is 14.2 Å². The zero-order valence-corrected chi connectivity index (χ0v) is 15.9. The first kappa shape index (κ1) is 19.4. The number of benzene rings is 1. The molecule has 0 saturated heterocycles. The van der Waals surface area contributed by atoms with E-state index in [0.717, 1.165) is 31.4 Å². The fourth-order valence-corrected chi connectivity index (χ4v) is 3.66. The molecule has 0 unspecified atom stereocenters. The molecule has 5 heteroatoms. The molecule has 1 aliphatic rings. The van der Waals surface area contributed by atoms with Crippen molar-refractivity contribution in [3.05, 3.63) is 35.9 Å². The van der Waals surface area contributed by atoms with Crippen molar-refractivity contribution in [3.63, 3.8) is 0 Å². The first-order valence-corrected chi connectivity index (χ1v) is 9.64. The second kappa shape index (κ2) is 10.9. The van der Waals surface area contributed by atoms with Gasteiger partial charge in [-0.15, -0.1) is 0 Å². The molecule has 1 aromatic rings. The van der Waals surface area contributed by atoms with Gasteiger partial charge in [0.05, 0.1) is 12.7 Å². The Morgan fingerprint density at radius 2 is 1.88 bits per heavy atom. The van der Waals surface area contributed by atoms with Gasteiger partial charge >= 0.3 is 5.97 Å². The lowest BCUT2D eigenvalue weighted by Crippen LogP contribution is -2.28. The number of unbranched alkanes of at least 4 members (excludes halogenated alkanes) is 1. The molecule has 0 N–H and O–H groups in total. The van der Waals surface area contributed by atoms with Crippen LogP contribution in [-0.4, -0.2) is 37.2 Å². The molecule has 3 atom stereocenters. The van der Waals surface area contributed by atoms with E-state index < -0.39 is 6.10 Å². The quantitative estimate of drug-likeness (QED) is 0.350. The lowest BCUT2D eigenvalue weighted by molar-refractivity contribution is -0.156. The van der Waals surface area contributed by atoms with Crippen LogP contribution in [0.3, 0.4) is 0 Å². The highest BCUT2D eigenvalue weighted by Gasteiger charge is 2.23. The first-order chi connectivity index (χ1) is 11.7. The minimum Gasteiger partial charge on any atom is -0.464 e. The van der Waals surface area contributed by atoms with E-state index in [-0.39, 0.29) is 5.97 Å². The lowest BCUT2D eigenvalue weighted by Gasteiger charge is -2.27. The normalized spacial score (nSPS) is 22.1. The van der Waals surface area contributed by atoms with Crippen molar-refractivity contribution in [2.45, 2.75) is 55.6 Å². The van der Waals surface area contributed by atoms with Gasteiger partial charge in [0.1, 0.15) is 0 Å². The molecule has 2 rings (SSSR count). The second-order valence-corrected chi connectivity index (χ2v) is 7.29. The minimum absolute atomic E-state index is 0.331. The molecule has 1 aromatic carbocycles. The maximum Gasteiger partial charge on any atom is 0.339 e. The Morgan fingerprint density at radius 1 is 1.17 bits per heavy atom. The molecule has 0 spiro atoms. The SMILES string of the molecule is CO[C@@H](C(=O)OCCCCO[C@@H]1CCCC[C@H]1Br)c1ccccc1. The van der Waals surface area contributed by atoms with Crippen molar-refractivity contribution in [3.8, 4) is 0 Å². The molecule has 0 radical (unpaired) electrons. The minimum atomic E-state index is -0.654. The summed E-state index contributed by atoms with van der Waals surface area (Å²) in [6.45, 7) is 1.12. The van der Waals surface area contributed by atoms with E-state index in [1.165, 1.54) is 26.4 Å². The molecule has 0 aromatic heterocycles. The molecular formula is C19H27BrO4. The number of halogens is 1. The summed E-state index contributed by atoms with van der Waals surface area (Å²) in [6, 6.07) is 9.41. The van der Waals surface area contributed by atoms with Gasteiger partial charge in [-0.25, -0.2) is 4.79 Å². The number of esters is 1. The van der Waals surface area contributed by atoms with Crippen LogP contribution in [0, 0.1) is 0 Å². The highest BCUT2D eigenvalue weighted by molar-refractivity contribution is 9.09. The lowest BCUT2D eigenvalue weighted by atomic mass is 9.97. The standard InChI is InChI=1S/C19H27BrO4/c1-22-18(15-9-3-2-4-10-15)19(21)24-14-8-7-13-23-17-12-6-5-11-16(17)20/h2-4,9-10,16-18H,5-8,11-14H2,1H3/t16-,17-,18-/m1/s1. The Kier molecular flexibility index (Phi) is 8.78. The van der Waals surface area contributed by atoms with Gasteiger partial charge in [-0.3, -0.25) is 0 Å². The molecule has 4 nitrogen and oxygen atoms in total. The Labute approximate surface area is 153 Å². The Hall–Kier alpha value is -0.910. The van der Waals surface area contributed by atoms with Crippen LogP contribution in [-0.2, 0) is 19.0 Å². The van der Waals surface area contributed by atoms with Crippen molar-refractivity contribution < 1.29 is 19.0 Å². The zero-order valence-electron chi connectivity index (χ0n) is 14.3. The molecule has 0 amide bonds. The number of hydrogen-bond donors (Lipinski definition) is 0. The van der Waals surface area contributed by atoms with Gasteiger partial charge in [0.25, 0.3) is 0 Å². The molecule has 0 heterocycles. The van der Waals surface area contributed by atoms with E-state index in [2.05, 4.69) is 15.9 Å². The first-order valence-electron chi connectivity index (χ1n) is 8.72. The Bertz CT molecular complexity index is 480. The smallest absolute Gasteiger partial charge is 0.339 e. The summed E-state index contributed by atoms with van der Waals surface area (Å²) in [5, 5.41) is 0. The summed E-state index contributed by atoms with van der Waals surface area (Å²) in [5.74, 6) is -0.336. The van der Waals surface area contributed by atoms with Gasteiger partial charge in [-0.05, 0) is 31.2 Å². The summed E-state index contributed by atoms with van der Waals surface area (Å²) >= 11 is 3.69. The zero-order chi connectivity index (χ0) is 17.2. The van der Waals surface area contributed by atoms with Gasteiger partial charge in [-0.1, -0.05) is 59.1 Å². The van der Waals surface area contributed by atoms with Gasteiger partial charge in [-0.2, -0.15) is 0 Å². The highest BCUT2D eigenvalue weighted by atomic mass is 79.9. The van der Waals surface area contributed by atoms with Crippen LogP contribution in [0.4, 0.5) is 0 Å². The van der Waals surface area contributed by atoms with E-state index >= 15 is 0 Å². The summed E-state index contributed by atoms with van der Waals surface area (Å²) < 4.78 is 16.5. The van der Waals surface area contributed by atoms with Crippen LogP contribution in [0.2, 0.25) is 0 Å². The fraction of sp³-hybridized carbons (Fsp3) is 0.632. The maximum atomic E-state index is 12.1. The van der Waals surface area contributed by atoms with Gasteiger partial charge in [0.15, 0.2) is 6.10 Å². The van der Waals surface area contributed by atoms with E-state index in [0.29, 0.717) is 17.5 Å². The second-order valence-electron chi connectivity index (χ2n) is 6.11. The van der Waals surface area contributed by atoms with E-state index in [1.807, 2.05) is 30.3 Å². The third-order valence-corrected chi connectivity index (χ3v) is 5.34. The summed E-state index contributed by atoms with van der Waals surface area (Å²) in [4.78, 5) is 12.6. The van der Waals surface area contributed by atoms with E-state index in [9.17, 15) is 4.79 Å². The number of hydrogen-bond acceptors (Lipinski definition) is 4. The van der Waals surface area contributed by atoms with Crippen LogP contribution in [0.25, 0.3) is 0 Å². The predicted octanol–water partition coefficient (Wildman–Crippen LogP) is 4.42. The summed E-state index contributed by atoms with van der Waals surface area (Å²) in [5.41, 5.74) is 0.814. The average Bonchev–Trinajstić information content (AvgIpc) is 2.61. The summed E-state index contributed by atoms with van der Waals surface area (Å²) in [6.07, 6.45) is 6.24. The van der Waals surface area contributed by atoms with Crippen molar-refractivity contribution in [2.24, 2.45) is 0 Å². The Morgan fingerprint density at radius 3 is 2.58 bits per heavy atom. The van der Waals surface area contributed by atoms with Crippen molar-refractivity contribution >= 4 is 21.9 Å². The molecule has 1 aliphatic carbocycles. The van der Waals surface area contributed by atoms with Crippen molar-refractivity contribution in [1.29, 1.82) is 0 Å². The number of rotatable bonds is 9. The highest BCUT2D eigenvalue weighted by Crippen LogP contribution is 2.27. The van der Waals surface area contributed by atoms with Gasteiger partial charge < -0.3 is 14.2 Å². The molecule has 24 heavy (non-hydrogen) atoms. The predicted molar refractivity (Wildman–Crippen MR) is 97.3 cm³/mol. The molecule has 0 bridgehead atoms. The summed E-state index contributed by atoms with van der Waals surface area (Å²) in [7, 11) is 1.52. The number of methoxy groups -OCH3 is 1. The fourth-order valence-electron chi connectivity index (χ4n) is 2.92. The largest absolute Gasteiger partial charge is 0.464 e. The monoisotopic (exact) mass is 398 g/mol. The van der Waals surface area contributed by atoms with Crippen LogP contribution in [0.15, 0.2) is 30.3 Å². The number of alkyl halides is 1. The maximum absolute atomic E-state index is 12.1. The Balaban J connectivity index is 1.60. The molecule has 134 valence electrons. The number of carbonyl (C=O) groups is 1. The molecule has 0 aliphatic heterocycles. The number of ether oxygens (including phenoxy) is 3. The topological polar surface area (TPSA) is 44.8 Å². The van der Waals surface area contributed by atoms with Crippen LogP contribution in [0.1, 0.15) is 50.2 Å². The van der Waals surface area contributed by atoms with E-state index in [1.54, 1.807) is 0 Å². The molecule has 1 fully saturated rings. The van der Waals surface area contributed by atoms with Crippen molar-refractivity contribution in [2.75, 3.05) is 20.3 Å². The third-order valence-electron chi connectivity index (χ3n) is 4.29. The average molecular weight is 399 g/mol. The van der Waals surface area contributed by atoms with Crippen LogP contribution < -0.4 is 0 Å². The number of carbonyl (C=O) groups excluding carboxylic acids is 1. The van der Waals surface area contributed by atoms with Crippen molar-refractivity contribution in [1.82, 2.24) is 0 Å². The van der Waals surface area contributed by atoms with Gasteiger partial charge in [0, 0.05) is 18.5 Å². The van der Waals surface area contributed by atoms with Crippen LogP contribution in [0.5, 0.6) is 0 Å². The van der Waals surface area contributed by atoms with Gasteiger partial charge in [0.2, 0.25) is 0 Å². The van der Waals surface area contributed by atoms with Crippen LogP contribution >= 0.6 is 15.9 Å². The third kappa shape index (κ3) is 6.19. The molecule has 1 saturated carbocycles.